The molecule has 1 heterocycles. The van der Waals surface area contributed by atoms with Gasteiger partial charge in [0, 0.05) is 19.5 Å². The van der Waals surface area contributed by atoms with Crippen molar-refractivity contribution in [2.24, 2.45) is 0 Å². The van der Waals surface area contributed by atoms with Gasteiger partial charge < -0.3 is 5.32 Å². The van der Waals surface area contributed by atoms with Gasteiger partial charge >= 0.3 is 0 Å². The largest absolute Gasteiger partial charge is 0.349 e. The molecule has 0 saturated carbocycles. The molecule has 2 aromatic carbocycles. The minimum Gasteiger partial charge on any atom is -0.349 e. The standard InChI is InChI=1S/C24H30N2O3S/c27-24(25-23-10-6-8-20-7-2-3-9-22(20)23)16-13-19-11-14-21(15-12-19)30(28,29)26-17-4-1-5-18-26/h2-3,7,9,11-12,14-15,23H,1,4-6,8,10,13,16-18H2,(H,25,27). The first-order valence-electron chi connectivity index (χ1n) is 11.0. The normalized spacial score (nSPS) is 19.8. The highest BCUT2D eigenvalue weighted by Crippen LogP contribution is 2.29. The van der Waals surface area contributed by atoms with Crippen LogP contribution in [0.25, 0.3) is 0 Å². The Labute approximate surface area is 179 Å². The molecule has 1 atom stereocenters. The summed E-state index contributed by atoms with van der Waals surface area (Å²) in [5.74, 6) is 0.0433. The van der Waals surface area contributed by atoms with Crippen LogP contribution in [0.5, 0.6) is 0 Å². The van der Waals surface area contributed by atoms with E-state index in [2.05, 4.69) is 23.5 Å². The molecule has 1 fully saturated rings. The Hall–Kier alpha value is -2.18. The van der Waals surface area contributed by atoms with Gasteiger partial charge in [0.05, 0.1) is 10.9 Å². The molecule has 0 radical (unpaired) electrons. The molecule has 2 aromatic rings. The van der Waals surface area contributed by atoms with Crippen LogP contribution in [0.15, 0.2) is 53.4 Å². The second kappa shape index (κ2) is 9.31. The topological polar surface area (TPSA) is 66.5 Å². The van der Waals surface area contributed by atoms with Crippen LogP contribution in [0.4, 0.5) is 0 Å². The van der Waals surface area contributed by atoms with E-state index in [9.17, 15) is 13.2 Å². The van der Waals surface area contributed by atoms with Gasteiger partial charge in [0.2, 0.25) is 15.9 Å². The van der Waals surface area contributed by atoms with Gasteiger partial charge in [-0.05, 0) is 67.3 Å². The van der Waals surface area contributed by atoms with Crippen molar-refractivity contribution in [1.82, 2.24) is 9.62 Å². The van der Waals surface area contributed by atoms with Crippen LogP contribution in [0.2, 0.25) is 0 Å². The number of nitrogens with one attached hydrogen (secondary N) is 1. The summed E-state index contributed by atoms with van der Waals surface area (Å²) in [5.41, 5.74) is 3.55. The third-order valence-corrected chi connectivity index (χ3v) is 8.13. The molecule has 0 aromatic heterocycles. The van der Waals surface area contributed by atoms with E-state index in [0.29, 0.717) is 30.8 Å². The van der Waals surface area contributed by atoms with Crippen molar-refractivity contribution in [3.63, 3.8) is 0 Å². The maximum absolute atomic E-state index is 12.7. The molecular weight excluding hydrogens is 396 g/mol. The molecule has 0 bridgehead atoms. The monoisotopic (exact) mass is 426 g/mol. The molecule has 6 heteroatoms. The number of sulfonamides is 1. The molecular formula is C24H30N2O3S. The fourth-order valence-electron chi connectivity index (χ4n) is 4.51. The van der Waals surface area contributed by atoms with Crippen molar-refractivity contribution < 1.29 is 13.2 Å². The number of carbonyl (C=O) groups is 1. The number of fused-ring (bicyclic) bond motifs is 1. The predicted molar refractivity (Wildman–Crippen MR) is 118 cm³/mol. The summed E-state index contributed by atoms with van der Waals surface area (Å²) in [4.78, 5) is 12.9. The predicted octanol–water partition coefficient (Wildman–Crippen LogP) is 3.99. The van der Waals surface area contributed by atoms with Crippen LogP contribution in [0.1, 0.15) is 61.3 Å². The third-order valence-electron chi connectivity index (χ3n) is 6.22. The minimum absolute atomic E-state index is 0.0433. The van der Waals surface area contributed by atoms with Gasteiger partial charge in [-0.25, -0.2) is 8.42 Å². The summed E-state index contributed by atoms with van der Waals surface area (Å²) in [6, 6.07) is 15.5. The van der Waals surface area contributed by atoms with Crippen molar-refractivity contribution in [2.45, 2.75) is 62.3 Å². The first-order valence-corrected chi connectivity index (χ1v) is 12.4. The summed E-state index contributed by atoms with van der Waals surface area (Å²) in [5, 5.41) is 3.18. The average Bonchev–Trinajstić information content (AvgIpc) is 2.79. The second-order valence-electron chi connectivity index (χ2n) is 8.32. The number of aryl methyl sites for hydroxylation is 2. The number of benzene rings is 2. The Morgan fingerprint density at radius 1 is 0.967 bits per heavy atom. The smallest absolute Gasteiger partial charge is 0.243 e. The SMILES string of the molecule is O=C(CCc1ccc(S(=O)(=O)N2CCCCC2)cc1)NC1CCCc2ccccc21. The van der Waals surface area contributed by atoms with Crippen LogP contribution in [0.3, 0.4) is 0 Å². The third kappa shape index (κ3) is 4.76. The summed E-state index contributed by atoms with van der Waals surface area (Å²) >= 11 is 0. The fraction of sp³-hybridized carbons (Fsp3) is 0.458. The molecule has 1 unspecified atom stereocenters. The Balaban J connectivity index is 1.33. The van der Waals surface area contributed by atoms with Crippen molar-refractivity contribution in [3.8, 4) is 0 Å². The molecule has 1 aliphatic heterocycles. The summed E-state index contributed by atoms with van der Waals surface area (Å²) in [6.07, 6.45) is 7.10. The summed E-state index contributed by atoms with van der Waals surface area (Å²) in [7, 11) is -3.40. The second-order valence-corrected chi connectivity index (χ2v) is 10.3. The maximum Gasteiger partial charge on any atom is 0.243 e. The number of amides is 1. The Morgan fingerprint density at radius 2 is 1.70 bits per heavy atom. The minimum atomic E-state index is -3.40. The molecule has 30 heavy (non-hydrogen) atoms. The van der Waals surface area contributed by atoms with Crippen LogP contribution in [0, 0.1) is 0 Å². The first kappa shape index (κ1) is 21.1. The van der Waals surface area contributed by atoms with E-state index in [1.807, 2.05) is 18.2 Å². The number of carbonyl (C=O) groups excluding carboxylic acids is 1. The molecule has 160 valence electrons. The zero-order chi connectivity index (χ0) is 21.0. The lowest BCUT2D eigenvalue weighted by Crippen LogP contribution is -2.35. The highest BCUT2D eigenvalue weighted by atomic mass is 32.2. The number of hydrogen-bond donors (Lipinski definition) is 1. The summed E-state index contributed by atoms with van der Waals surface area (Å²) < 4.78 is 27.1. The lowest BCUT2D eigenvalue weighted by Gasteiger charge is -2.26. The highest BCUT2D eigenvalue weighted by Gasteiger charge is 2.26. The van der Waals surface area contributed by atoms with Gasteiger partial charge in [-0.3, -0.25) is 4.79 Å². The van der Waals surface area contributed by atoms with Gasteiger partial charge in [0.1, 0.15) is 0 Å². The quantitative estimate of drug-likeness (QED) is 0.760. The van der Waals surface area contributed by atoms with Gasteiger partial charge in [-0.15, -0.1) is 0 Å². The number of piperidine rings is 1. The molecule has 1 aliphatic carbocycles. The lowest BCUT2D eigenvalue weighted by molar-refractivity contribution is -0.121. The van der Waals surface area contributed by atoms with E-state index in [0.717, 1.165) is 44.1 Å². The first-order chi connectivity index (χ1) is 14.5. The molecule has 0 spiro atoms. The molecule has 4 rings (SSSR count). The van der Waals surface area contributed by atoms with E-state index in [-0.39, 0.29) is 11.9 Å². The zero-order valence-corrected chi connectivity index (χ0v) is 18.2. The Kier molecular flexibility index (Phi) is 6.54. The highest BCUT2D eigenvalue weighted by molar-refractivity contribution is 7.89. The van der Waals surface area contributed by atoms with E-state index in [1.54, 1.807) is 16.4 Å². The molecule has 2 aliphatic rings. The van der Waals surface area contributed by atoms with Crippen LogP contribution in [-0.2, 0) is 27.7 Å². The number of hydrogen-bond acceptors (Lipinski definition) is 3. The van der Waals surface area contributed by atoms with Crippen molar-refractivity contribution in [1.29, 1.82) is 0 Å². The van der Waals surface area contributed by atoms with Crippen LogP contribution in [-0.4, -0.2) is 31.7 Å². The molecule has 1 N–H and O–H groups in total. The van der Waals surface area contributed by atoms with Gasteiger partial charge in [-0.1, -0.05) is 42.8 Å². The fourth-order valence-corrected chi connectivity index (χ4v) is 6.03. The van der Waals surface area contributed by atoms with E-state index >= 15 is 0 Å². The molecule has 5 nitrogen and oxygen atoms in total. The van der Waals surface area contributed by atoms with E-state index in [1.165, 1.54) is 11.1 Å². The average molecular weight is 427 g/mol. The lowest BCUT2D eigenvalue weighted by atomic mass is 9.87. The maximum atomic E-state index is 12.7. The Bertz CT molecular complexity index is 980. The molecule has 1 amide bonds. The van der Waals surface area contributed by atoms with Gasteiger partial charge in [0.15, 0.2) is 0 Å². The zero-order valence-electron chi connectivity index (χ0n) is 17.3. The van der Waals surface area contributed by atoms with Gasteiger partial charge in [-0.2, -0.15) is 4.31 Å². The van der Waals surface area contributed by atoms with E-state index < -0.39 is 10.0 Å². The molecule has 1 saturated heterocycles. The van der Waals surface area contributed by atoms with Crippen molar-refractivity contribution in [3.05, 3.63) is 65.2 Å². The van der Waals surface area contributed by atoms with Crippen LogP contribution < -0.4 is 5.32 Å². The Morgan fingerprint density at radius 3 is 2.47 bits per heavy atom. The number of rotatable bonds is 6. The van der Waals surface area contributed by atoms with Crippen LogP contribution >= 0.6 is 0 Å². The summed E-state index contributed by atoms with van der Waals surface area (Å²) in [6.45, 7) is 1.21. The van der Waals surface area contributed by atoms with Gasteiger partial charge in [0.25, 0.3) is 0 Å². The van der Waals surface area contributed by atoms with E-state index in [4.69, 9.17) is 0 Å². The number of nitrogens with zero attached hydrogens (tertiary/aromatic N) is 1. The van der Waals surface area contributed by atoms with Crippen molar-refractivity contribution >= 4 is 15.9 Å². The van der Waals surface area contributed by atoms with Crippen molar-refractivity contribution in [2.75, 3.05) is 13.1 Å².